The van der Waals surface area contributed by atoms with E-state index in [2.05, 4.69) is 9.97 Å². The first kappa shape index (κ1) is 13.0. The van der Waals surface area contributed by atoms with E-state index in [-0.39, 0.29) is 10.8 Å². The Kier molecular flexibility index (Phi) is 3.96. The van der Waals surface area contributed by atoms with E-state index in [1.165, 1.54) is 0 Å². The average molecular weight is 271 g/mol. The molecule has 1 fully saturated rings. The van der Waals surface area contributed by atoms with Gasteiger partial charge in [0.05, 0.1) is 4.92 Å². The molecule has 0 amide bonds. The standard InChI is InChI=1S/C11H15ClN4O2/c1-8-13-10(12)9(16(17)18)11(14-8)15-6-4-2-3-5-7-15/h2-7H2,1H3. The van der Waals surface area contributed by atoms with Crippen LogP contribution in [0.5, 0.6) is 0 Å². The van der Waals surface area contributed by atoms with E-state index >= 15 is 0 Å². The molecular weight excluding hydrogens is 256 g/mol. The fourth-order valence-electron chi connectivity index (χ4n) is 2.18. The van der Waals surface area contributed by atoms with Gasteiger partial charge in [0.1, 0.15) is 5.82 Å². The molecule has 0 spiro atoms. The van der Waals surface area contributed by atoms with Gasteiger partial charge in [0, 0.05) is 13.1 Å². The fraction of sp³-hybridized carbons (Fsp3) is 0.636. The van der Waals surface area contributed by atoms with Crippen molar-refractivity contribution in [3.05, 3.63) is 21.1 Å². The van der Waals surface area contributed by atoms with Crippen LogP contribution in [0, 0.1) is 17.0 Å². The summed E-state index contributed by atoms with van der Waals surface area (Å²) in [6.07, 6.45) is 4.36. The molecule has 98 valence electrons. The third kappa shape index (κ3) is 2.69. The van der Waals surface area contributed by atoms with Crippen LogP contribution in [0.25, 0.3) is 0 Å². The largest absolute Gasteiger partial charge is 0.351 e. The highest BCUT2D eigenvalue weighted by Gasteiger charge is 2.27. The second-order valence-electron chi connectivity index (χ2n) is 4.39. The first-order chi connectivity index (χ1) is 8.59. The number of hydrogen-bond acceptors (Lipinski definition) is 5. The van der Waals surface area contributed by atoms with Crippen molar-refractivity contribution in [3.8, 4) is 0 Å². The predicted molar refractivity (Wildman–Crippen MR) is 69.1 cm³/mol. The molecular formula is C11H15ClN4O2. The van der Waals surface area contributed by atoms with Gasteiger partial charge < -0.3 is 4.90 Å². The minimum absolute atomic E-state index is 0.0771. The minimum Gasteiger partial charge on any atom is -0.351 e. The van der Waals surface area contributed by atoms with Crippen molar-refractivity contribution in [2.75, 3.05) is 18.0 Å². The third-order valence-electron chi connectivity index (χ3n) is 3.02. The van der Waals surface area contributed by atoms with Gasteiger partial charge in [-0.15, -0.1) is 0 Å². The van der Waals surface area contributed by atoms with E-state index < -0.39 is 4.92 Å². The summed E-state index contributed by atoms with van der Waals surface area (Å²) in [5, 5.41) is 11.0. The van der Waals surface area contributed by atoms with Crippen molar-refractivity contribution in [2.24, 2.45) is 0 Å². The normalized spacial score (nSPS) is 16.4. The molecule has 0 N–H and O–H groups in total. The van der Waals surface area contributed by atoms with Crippen LogP contribution in [-0.4, -0.2) is 28.0 Å². The lowest BCUT2D eigenvalue weighted by atomic mass is 10.2. The zero-order valence-corrected chi connectivity index (χ0v) is 11.0. The molecule has 0 aliphatic carbocycles. The average Bonchev–Trinajstić information content (AvgIpc) is 2.55. The second-order valence-corrected chi connectivity index (χ2v) is 4.75. The molecule has 0 bridgehead atoms. The van der Waals surface area contributed by atoms with Gasteiger partial charge in [-0.25, -0.2) is 9.97 Å². The number of aromatic nitrogens is 2. The molecule has 1 aliphatic heterocycles. The van der Waals surface area contributed by atoms with E-state index in [0.717, 1.165) is 38.8 Å². The highest BCUT2D eigenvalue weighted by molar-refractivity contribution is 6.31. The number of nitro groups is 1. The first-order valence-corrected chi connectivity index (χ1v) is 6.41. The Morgan fingerprint density at radius 2 is 1.83 bits per heavy atom. The van der Waals surface area contributed by atoms with Crippen LogP contribution in [-0.2, 0) is 0 Å². The highest BCUT2D eigenvalue weighted by Crippen LogP contribution is 2.33. The Morgan fingerprint density at radius 1 is 1.22 bits per heavy atom. The summed E-state index contributed by atoms with van der Waals surface area (Å²) in [6.45, 7) is 3.26. The van der Waals surface area contributed by atoms with Gasteiger partial charge in [-0.1, -0.05) is 24.4 Å². The predicted octanol–water partition coefficient (Wildman–Crippen LogP) is 2.73. The minimum atomic E-state index is -0.498. The molecule has 2 heterocycles. The molecule has 18 heavy (non-hydrogen) atoms. The number of rotatable bonds is 2. The van der Waals surface area contributed by atoms with Crippen LogP contribution < -0.4 is 4.90 Å². The second kappa shape index (κ2) is 5.48. The third-order valence-corrected chi connectivity index (χ3v) is 3.29. The molecule has 6 nitrogen and oxygen atoms in total. The number of hydrogen-bond donors (Lipinski definition) is 0. The molecule has 1 saturated heterocycles. The van der Waals surface area contributed by atoms with Crippen LogP contribution in [0.3, 0.4) is 0 Å². The number of anilines is 1. The van der Waals surface area contributed by atoms with Crippen molar-refractivity contribution in [2.45, 2.75) is 32.6 Å². The van der Waals surface area contributed by atoms with Crippen molar-refractivity contribution in [1.29, 1.82) is 0 Å². The summed E-state index contributed by atoms with van der Waals surface area (Å²) in [6, 6.07) is 0. The maximum absolute atomic E-state index is 11.1. The summed E-state index contributed by atoms with van der Waals surface area (Å²) in [5.74, 6) is 0.823. The van der Waals surface area contributed by atoms with Crippen LogP contribution >= 0.6 is 11.6 Å². The first-order valence-electron chi connectivity index (χ1n) is 6.03. The number of halogens is 1. The number of aryl methyl sites for hydroxylation is 1. The van der Waals surface area contributed by atoms with Crippen molar-refractivity contribution in [1.82, 2.24) is 9.97 Å². The molecule has 0 unspecified atom stereocenters. The smallest absolute Gasteiger partial charge is 0.348 e. The Balaban J connectivity index is 2.43. The quantitative estimate of drug-likeness (QED) is 0.469. The lowest BCUT2D eigenvalue weighted by Crippen LogP contribution is -2.26. The zero-order valence-electron chi connectivity index (χ0n) is 10.2. The monoisotopic (exact) mass is 270 g/mol. The fourth-order valence-corrected chi connectivity index (χ4v) is 2.45. The molecule has 1 aromatic rings. The SMILES string of the molecule is Cc1nc(Cl)c([N+](=O)[O-])c(N2CCCCCC2)n1. The molecule has 1 aromatic heterocycles. The van der Waals surface area contributed by atoms with Crippen LogP contribution in [0.2, 0.25) is 5.15 Å². The molecule has 0 aromatic carbocycles. The molecule has 0 saturated carbocycles. The van der Waals surface area contributed by atoms with E-state index in [9.17, 15) is 10.1 Å². The van der Waals surface area contributed by atoms with Crippen LogP contribution in [0.4, 0.5) is 11.5 Å². The highest BCUT2D eigenvalue weighted by atomic mass is 35.5. The Morgan fingerprint density at radius 3 is 2.39 bits per heavy atom. The molecule has 1 aliphatic rings. The lowest BCUT2D eigenvalue weighted by Gasteiger charge is -2.21. The summed E-state index contributed by atoms with van der Waals surface area (Å²) >= 11 is 5.87. The van der Waals surface area contributed by atoms with E-state index in [1.807, 2.05) is 4.90 Å². The van der Waals surface area contributed by atoms with Crippen LogP contribution in [0.1, 0.15) is 31.5 Å². The zero-order chi connectivity index (χ0) is 13.1. The maximum atomic E-state index is 11.1. The van der Waals surface area contributed by atoms with Gasteiger partial charge >= 0.3 is 5.69 Å². The van der Waals surface area contributed by atoms with Gasteiger partial charge in [-0.3, -0.25) is 10.1 Å². The lowest BCUT2D eigenvalue weighted by molar-refractivity contribution is -0.384. The van der Waals surface area contributed by atoms with Crippen LogP contribution in [0.15, 0.2) is 0 Å². The van der Waals surface area contributed by atoms with E-state index in [0.29, 0.717) is 11.6 Å². The topological polar surface area (TPSA) is 72.2 Å². The van der Waals surface area contributed by atoms with Crippen molar-refractivity contribution in [3.63, 3.8) is 0 Å². The summed E-state index contributed by atoms with van der Waals surface area (Å²) in [5.41, 5.74) is -0.177. The van der Waals surface area contributed by atoms with Crippen molar-refractivity contribution >= 4 is 23.1 Å². The summed E-state index contributed by atoms with van der Waals surface area (Å²) in [7, 11) is 0. The summed E-state index contributed by atoms with van der Waals surface area (Å²) < 4.78 is 0. The Bertz CT molecular complexity index is 459. The van der Waals surface area contributed by atoms with Gasteiger partial charge in [-0.2, -0.15) is 0 Å². The Hall–Kier alpha value is -1.43. The number of nitrogens with zero attached hydrogens (tertiary/aromatic N) is 4. The molecule has 2 rings (SSSR count). The molecule has 0 atom stereocenters. The summed E-state index contributed by atoms with van der Waals surface area (Å²) in [4.78, 5) is 20.6. The molecule has 7 heteroatoms. The van der Waals surface area contributed by atoms with Gasteiger partial charge in [0.2, 0.25) is 11.0 Å². The van der Waals surface area contributed by atoms with Gasteiger partial charge in [0.25, 0.3) is 0 Å². The Labute approximate surface area is 110 Å². The molecule has 0 radical (unpaired) electrons. The van der Waals surface area contributed by atoms with Crippen molar-refractivity contribution < 1.29 is 4.92 Å². The van der Waals surface area contributed by atoms with Gasteiger partial charge in [0.15, 0.2) is 0 Å². The van der Waals surface area contributed by atoms with E-state index in [4.69, 9.17) is 11.6 Å². The van der Waals surface area contributed by atoms with E-state index in [1.54, 1.807) is 6.92 Å². The maximum Gasteiger partial charge on any atom is 0.348 e. The van der Waals surface area contributed by atoms with Gasteiger partial charge in [-0.05, 0) is 19.8 Å².